The van der Waals surface area contributed by atoms with Crippen molar-refractivity contribution >= 4 is 17.6 Å². The zero-order chi connectivity index (χ0) is 16.7. The number of alkyl halides is 3. The topological polar surface area (TPSA) is 46.6 Å². The molecular formula is C15H16F3NO3. The molecule has 1 heterocycles. The van der Waals surface area contributed by atoms with Gasteiger partial charge in [0.05, 0.1) is 5.69 Å². The van der Waals surface area contributed by atoms with Crippen molar-refractivity contribution in [2.45, 2.75) is 45.0 Å². The van der Waals surface area contributed by atoms with Crippen LogP contribution in [0.4, 0.5) is 23.7 Å². The van der Waals surface area contributed by atoms with E-state index in [1.807, 2.05) is 0 Å². The number of ketones is 1. The van der Waals surface area contributed by atoms with Crippen molar-refractivity contribution in [1.82, 2.24) is 0 Å². The molecule has 0 saturated heterocycles. The maximum Gasteiger partial charge on any atom is 0.452 e. The number of hydrogen-bond donors (Lipinski definition) is 0. The van der Waals surface area contributed by atoms with E-state index in [2.05, 4.69) is 0 Å². The van der Waals surface area contributed by atoms with Crippen molar-refractivity contribution in [1.29, 1.82) is 0 Å². The molecule has 4 nitrogen and oxygen atoms in total. The van der Waals surface area contributed by atoms with Crippen LogP contribution in [0.15, 0.2) is 24.3 Å². The highest BCUT2D eigenvalue weighted by atomic mass is 19.4. The van der Waals surface area contributed by atoms with Gasteiger partial charge in [-0.1, -0.05) is 18.2 Å². The van der Waals surface area contributed by atoms with Crippen LogP contribution in [0, 0.1) is 0 Å². The van der Waals surface area contributed by atoms with Crippen LogP contribution < -0.4 is 4.90 Å². The standard InChI is InChI=1S/C15H16F3NO3/c1-14(2,3)22-13(21)19-10-7-5-4-6-9(10)8-11(19)12(20)15(16,17)18/h4-7,11H,8H2,1-3H3. The summed E-state index contributed by atoms with van der Waals surface area (Å²) in [5.41, 5.74) is -0.0872. The lowest BCUT2D eigenvalue weighted by molar-refractivity contribution is -0.172. The number of nitrogens with zero attached hydrogens (tertiary/aromatic N) is 1. The summed E-state index contributed by atoms with van der Waals surface area (Å²) in [7, 11) is 0. The second kappa shape index (κ2) is 5.30. The molecule has 1 atom stereocenters. The van der Waals surface area contributed by atoms with E-state index in [4.69, 9.17) is 4.74 Å². The third-order valence-electron chi connectivity index (χ3n) is 3.15. The second-order valence-electron chi connectivity index (χ2n) is 6.06. The molecule has 1 aromatic rings. The number of ether oxygens (including phenoxy) is 1. The summed E-state index contributed by atoms with van der Waals surface area (Å²) in [6, 6.07) is 4.72. The average molecular weight is 315 g/mol. The summed E-state index contributed by atoms with van der Waals surface area (Å²) in [5.74, 6) is -1.95. The van der Waals surface area contributed by atoms with Gasteiger partial charge >= 0.3 is 12.3 Å². The lowest BCUT2D eigenvalue weighted by Crippen LogP contribution is -2.49. The Bertz CT molecular complexity index is 605. The van der Waals surface area contributed by atoms with E-state index in [9.17, 15) is 22.8 Å². The van der Waals surface area contributed by atoms with Crippen molar-refractivity contribution in [2.24, 2.45) is 0 Å². The Morgan fingerprint density at radius 1 is 1.18 bits per heavy atom. The Morgan fingerprint density at radius 3 is 2.32 bits per heavy atom. The first-order chi connectivity index (χ1) is 10.0. The minimum absolute atomic E-state index is 0.173. The van der Waals surface area contributed by atoms with Crippen LogP contribution in [-0.2, 0) is 16.0 Å². The maximum absolute atomic E-state index is 12.8. The van der Waals surface area contributed by atoms with E-state index in [0.29, 0.717) is 5.56 Å². The average Bonchev–Trinajstić information content (AvgIpc) is 2.73. The molecule has 1 aliphatic heterocycles. The molecule has 0 fully saturated rings. The summed E-state index contributed by atoms with van der Waals surface area (Å²) in [6.45, 7) is 4.81. The third-order valence-corrected chi connectivity index (χ3v) is 3.15. The monoisotopic (exact) mass is 315 g/mol. The van der Waals surface area contributed by atoms with E-state index in [1.54, 1.807) is 39.0 Å². The first kappa shape index (κ1) is 16.3. The lowest BCUT2D eigenvalue weighted by Gasteiger charge is -2.28. The SMILES string of the molecule is CC(C)(C)OC(=O)N1c2ccccc2CC1C(=O)C(F)(F)F. The number of hydrogen-bond acceptors (Lipinski definition) is 3. The largest absolute Gasteiger partial charge is 0.452 e. The highest BCUT2D eigenvalue weighted by Crippen LogP contribution is 2.36. The molecule has 120 valence electrons. The van der Waals surface area contributed by atoms with Gasteiger partial charge in [-0.05, 0) is 32.4 Å². The Labute approximate surface area is 125 Å². The number of carbonyl (C=O) groups excluding carboxylic acids is 2. The predicted molar refractivity (Wildman–Crippen MR) is 73.7 cm³/mol. The minimum atomic E-state index is -5.01. The first-order valence-corrected chi connectivity index (χ1v) is 6.72. The van der Waals surface area contributed by atoms with Gasteiger partial charge in [-0.15, -0.1) is 0 Å². The Morgan fingerprint density at radius 2 is 1.77 bits per heavy atom. The van der Waals surface area contributed by atoms with E-state index in [0.717, 1.165) is 4.90 Å². The van der Waals surface area contributed by atoms with Crippen molar-refractivity contribution in [3.63, 3.8) is 0 Å². The number of halogens is 3. The molecule has 0 spiro atoms. The fourth-order valence-electron chi connectivity index (χ4n) is 2.32. The fourth-order valence-corrected chi connectivity index (χ4v) is 2.32. The first-order valence-electron chi connectivity index (χ1n) is 6.72. The van der Waals surface area contributed by atoms with Crippen LogP contribution in [0.2, 0.25) is 0 Å². The molecule has 0 aromatic heterocycles. The third kappa shape index (κ3) is 3.23. The summed E-state index contributed by atoms with van der Waals surface area (Å²) in [5, 5.41) is 0. The van der Waals surface area contributed by atoms with Gasteiger partial charge in [-0.3, -0.25) is 9.69 Å². The van der Waals surface area contributed by atoms with E-state index < -0.39 is 29.7 Å². The van der Waals surface area contributed by atoms with Crippen LogP contribution in [-0.4, -0.2) is 29.7 Å². The zero-order valence-electron chi connectivity index (χ0n) is 12.4. The van der Waals surface area contributed by atoms with Crippen LogP contribution in [0.5, 0.6) is 0 Å². The molecule has 0 aliphatic carbocycles. The molecule has 0 saturated carbocycles. The molecule has 1 aliphatic rings. The van der Waals surface area contributed by atoms with Crippen LogP contribution in [0.25, 0.3) is 0 Å². The fraction of sp³-hybridized carbons (Fsp3) is 0.467. The molecule has 7 heteroatoms. The molecule has 0 bridgehead atoms. The number of carbonyl (C=O) groups is 2. The van der Waals surface area contributed by atoms with Crippen molar-refractivity contribution in [2.75, 3.05) is 4.90 Å². The van der Waals surface area contributed by atoms with E-state index >= 15 is 0 Å². The zero-order valence-corrected chi connectivity index (χ0v) is 12.4. The summed E-state index contributed by atoms with van der Waals surface area (Å²) in [6.07, 6.45) is -6.14. The lowest BCUT2D eigenvalue weighted by atomic mass is 10.1. The number of fused-ring (bicyclic) bond motifs is 1. The van der Waals surface area contributed by atoms with Crippen LogP contribution in [0.1, 0.15) is 26.3 Å². The van der Waals surface area contributed by atoms with Crippen molar-refractivity contribution < 1.29 is 27.5 Å². The van der Waals surface area contributed by atoms with Crippen molar-refractivity contribution in [3.05, 3.63) is 29.8 Å². The van der Waals surface area contributed by atoms with Gasteiger partial charge < -0.3 is 4.74 Å². The molecule has 1 unspecified atom stereocenters. The number of anilines is 1. The Hall–Kier alpha value is -2.05. The molecule has 0 radical (unpaired) electrons. The normalized spacial score (nSPS) is 18.1. The number of benzene rings is 1. The maximum atomic E-state index is 12.8. The summed E-state index contributed by atoms with van der Waals surface area (Å²) < 4.78 is 43.5. The van der Waals surface area contributed by atoms with Gasteiger partial charge in [-0.2, -0.15) is 13.2 Å². The summed E-state index contributed by atoms with van der Waals surface area (Å²) >= 11 is 0. The Kier molecular flexibility index (Phi) is 3.93. The van der Waals surface area contributed by atoms with E-state index in [1.165, 1.54) is 6.07 Å². The number of rotatable bonds is 1. The molecule has 1 aromatic carbocycles. The predicted octanol–water partition coefficient (Wildman–Crippen LogP) is 3.48. The van der Waals surface area contributed by atoms with Crippen molar-refractivity contribution in [3.8, 4) is 0 Å². The van der Waals surface area contributed by atoms with Gasteiger partial charge in [0.15, 0.2) is 0 Å². The van der Waals surface area contributed by atoms with E-state index in [-0.39, 0.29) is 12.1 Å². The molecule has 22 heavy (non-hydrogen) atoms. The Balaban J connectivity index is 2.39. The van der Waals surface area contributed by atoms with Crippen LogP contribution in [0.3, 0.4) is 0 Å². The van der Waals surface area contributed by atoms with Gasteiger partial charge in [0, 0.05) is 6.42 Å². The molecule has 0 N–H and O–H groups in total. The molecule has 2 rings (SSSR count). The summed E-state index contributed by atoms with van der Waals surface area (Å²) in [4.78, 5) is 24.7. The molecule has 1 amide bonds. The van der Waals surface area contributed by atoms with Gasteiger partial charge in [0.1, 0.15) is 11.6 Å². The van der Waals surface area contributed by atoms with Gasteiger partial charge in [0.2, 0.25) is 0 Å². The number of Topliss-reactive ketones (excluding diaryl/α,β-unsaturated/α-hetero) is 1. The van der Waals surface area contributed by atoms with Gasteiger partial charge in [0.25, 0.3) is 5.78 Å². The highest BCUT2D eigenvalue weighted by Gasteiger charge is 2.50. The quantitative estimate of drug-likeness (QED) is 0.797. The second-order valence-corrected chi connectivity index (χ2v) is 6.06. The molecular weight excluding hydrogens is 299 g/mol. The van der Waals surface area contributed by atoms with Gasteiger partial charge in [-0.25, -0.2) is 4.79 Å². The van der Waals surface area contributed by atoms with Crippen LogP contribution >= 0.6 is 0 Å². The number of para-hydroxylation sites is 1. The smallest absolute Gasteiger partial charge is 0.443 e. The number of amides is 1. The minimum Gasteiger partial charge on any atom is -0.443 e. The highest BCUT2D eigenvalue weighted by molar-refractivity contribution is 6.03.